The van der Waals surface area contributed by atoms with Crippen molar-refractivity contribution in [3.63, 3.8) is 0 Å². The van der Waals surface area contributed by atoms with Gasteiger partial charge in [0.05, 0.1) is 28.1 Å². The summed E-state index contributed by atoms with van der Waals surface area (Å²) in [7, 11) is 0. The summed E-state index contributed by atoms with van der Waals surface area (Å²) >= 11 is 6.32. The second-order valence-electron chi connectivity index (χ2n) is 6.61. The molecule has 0 amide bonds. The number of halogens is 1. The van der Waals surface area contributed by atoms with Crippen LogP contribution in [0.1, 0.15) is 57.5 Å². The van der Waals surface area contributed by atoms with Crippen molar-refractivity contribution in [2.75, 3.05) is 0 Å². The van der Waals surface area contributed by atoms with Gasteiger partial charge in [-0.3, -0.25) is 4.68 Å². The second kappa shape index (κ2) is 7.23. The highest BCUT2D eigenvalue weighted by Crippen LogP contribution is 2.20. The lowest BCUT2D eigenvalue weighted by atomic mass is 10.1. The molecular formula is C17H25ClN4. The molecule has 0 fully saturated rings. The van der Waals surface area contributed by atoms with Crippen LogP contribution in [0.4, 0.5) is 0 Å². The summed E-state index contributed by atoms with van der Waals surface area (Å²) in [6, 6.07) is 0. The number of hydrogen-bond donors (Lipinski definition) is 0. The topological polar surface area (TPSA) is 43.6 Å². The first-order chi connectivity index (χ1) is 10.4. The Hall–Kier alpha value is -1.42. The van der Waals surface area contributed by atoms with E-state index in [4.69, 9.17) is 11.6 Å². The first kappa shape index (κ1) is 16.9. The Morgan fingerprint density at radius 2 is 1.77 bits per heavy atom. The van der Waals surface area contributed by atoms with Gasteiger partial charge in [0.15, 0.2) is 0 Å². The molecule has 0 radical (unpaired) electrons. The minimum absolute atomic E-state index is 0.0449. The van der Waals surface area contributed by atoms with Gasteiger partial charge in [0.1, 0.15) is 6.33 Å². The van der Waals surface area contributed by atoms with E-state index in [1.165, 1.54) is 5.56 Å². The molecule has 0 aliphatic rings. The fraction of sp³-hybridized carbons (Fsp3) is 0.588. The molecule has 2 heterocycles. The molecule has 2 rings (SSSR count). The van der Waals surface area contributed by atoms with Gasteiger partial charge < -0.3 is 0 Å². The highest BCUT2D eigenvalue weighted by atomic mass is 35.5. The van der Waals surface area contributed by atoms with Crippen molar-refractivity contribution < 1.29 is 0 Å². The minimum Gasteiger partial charge on any atom is -0.267 e. The number of hydrogen-bond acceptors (Lipinski definition) is 3. The molecular weight excluding hydrogens is 296 g/mol. The SMILES string of the molecule is CCc1ncnc(CCCCc2cnn(C(C)(C)C)c2)c1Cl. The van der Waals surface area contributed by atoms with Crippen molar-refractivity contribution in [3.8, 4) is 0 Å². The van der Waals surface area contributed by atoms with Crippen LogP contribution in [0.15, 0.2) is 18.7 Å². The van der Waals surface area contributed by atoms with Crippen LogP contribution < -0.4 is 0 Å². The predicted molar refractivity (Wildman–Crippen MR) is 90.3 cm³/mol. The Bertz CT molecular complexity index is 613. The molecule has 120 valence electrons. The second-order valence-corrected chi connectivity index (χ2v) is 6.98. The van der Waals surface area contributed by atoms with Crippen LogP contribution in [0.25, 0.3) is 0 Å². The lowest BCUT2D eigenvalue weighted by Crippen LogP contribution is -2.21. The molecule has 0 bridgehead atoms. The fourth-order valence-electron chi connectivity index (χ4n) is 2.35. The van der Waals surface area contributed by atoms with E-state index < -0.39 is 0 Å². The van der Waals surface area contributed by atoms with E-state index in [0.717, 1.165) is 48.5 Å². The Balaban J connectivity index is 1.84. The van der Waals surface area contributed by atoms with Crippen LogP contribution in [-0.2, 0) is 24.8 Å². The molecule has 0 aliphatic carbocycles. The third kappa shape index (κ3) is 4.29. The zero-order chi connectivity index (χ0) is 16.2. The summed E-state index contributed by atoms with van der Waals surface area (Å²) < 4.78 is 2.02. The zero-order valence-electron chi connectivity index (χ0n) is 13.9. The standard InChI is InChI=1S/C17H25ClN4/c1-5-14-16(18)15(20-12-19-14)9-7-6-8-13-10-21-22(11-13)17(2,3)4/h10-12H,5-9H2,1-4H3. The Morgan fingerprint density at radius 3 is 2.41 bits per heavy atom. The number of rotatable bonds is 6. The van der Waals surface area contributed by atoms with Crippen molar-refractivity contribution in [2.45, 2.75) is 65.3 Å². The van der Waals surface area contributed by atoms with Crippen molar-refractivity contribution >= 4 is 11.6 Å². The molecule has 0 spiro atoms. The van der Waals surface area contributed by atoms with Crippen molar-refractivity contribution in [1.29, 1.82) is 0 Å². The van der Waals surface area contributed by atoms with Crippen LogP contribution in [0.2, 0.25) is 5.02 Å². The molecule has 2 aromatic rings. The van der Waals surface area contributed by atoms with Crippen LogP contribution in [0.3, 0.4) is 0 Å². The highest BCUT2D eigenvalue weighted by molar-refractivity contribution is 6.31. The molecule has 0 N–H and O–H groups in total. The molecule has 22 heavy (non-hydrogen) atoms. The van der Waals surface area contributed by atoms with Gasteiger partial charge in [0, 0.05) is 6.20 Å². The summed E-state index contributed by atoms with van der Waals surface area (Å²) in [4.78, 5) is 8.51. The molecule has 0 saturated carbocycles. The summed E-state index contributed by atoms with van der Waals surface area (Å²) in [5, 5.41) is 5.18. The smallest absolute Gasteiger partial charge is 0.116 e. The van der Waals surface area contributed by atoms with Gasteiger partial charge >= 0.3 is 0 Å². The van der Waals surface area contributed by atoms with Gasteiger partial charge in [-0.15, -0.1) is 0 Å². The van der Waals surface area contributed by atoms with Crippen LogP contribution in [0.5, 0.6) is 0 Å². The number of aryl methyl sites for hydroxylation is 3. The molecule has 2 aromatic heterocycles. The third-order valence-corrected chi connectivity index (χ3v) is 4.16. The zero-order valence-corrected chi connectivity index (χ0v) is 14.7. The normalized spacial score (nSPS) is 11.9. The van der Waals surface area contributed by atoms with Crippen molar-refractivity contribution in [1.82, 2.24) is 19.7 Å². The number of unbranched alkanes of at least 4 members (excludes halogenated alkanes) is 1. The lowest BCUT2D eigenvalue weighted by Gasteiger charge is -2.18. The first-order valence-electron chi connectivity index (χ1n) is 7.94. The van der Waals surface area contributed by atoms with Gasteiger partial charge in [-0.2, -0.15) is 5.10 Å². The van der Waals surface area contributed by atoms with Crippen molar-refractivity contribution in [2.24, 2.45) is 0 Å². The Kier molecular flexibility index (Phi) is 5.57. The first-order valence-corrected chi connectivity index (χ1v) is 8.32. The van der Waals surface area contributed by atoms with Crippen LogP contribution in [-0.4, -0.2) is 19.7 Å². The average Bonchev–Trinajstić information content (AvgIpc) is 2.94. The number of nitrogens with zero attached hydrogens (tertiary/aromatic N) is 4. The number of aromatic nitrogens is 4. The molecule has 0 unspecified atom stereocenters. The highest BCUT2D eigenvalue weighted by Gasteiger charge is 2.13. The van der Waals surface area contributed by atoms with Gasteiger partial charge in [0.25, 0.3) is 0 Å². The van der Waals surface area contributed by atoms with Crippen LogP contribution in [0, 0.1) is 0 Å². The molecule has 0 aromatic carbocycles. The van der Waals surface area contributed by atoms with Gasteiger partial charge in [-0.25, -0.2) is 9.97 Å². The summed E-state index contributed by atoms with van der Waals surface area (Å²) in [5.41, 5.74) is 3.25. The molecule has 0 aliphatic heterocycles. The third-order valence-electron chi connectivity index (χ3n) is 3.72. The Labute approximate surface area is 137 Å². The maximum atomic E-state index is 6.32. The maximum absolute atomic E-state index is 6.32. The molecule has 5 heteroatoms. The minimum atomic E-state index is 0.0449. The quantitative estimate of drug-likeness (QED) is 0.749. The van der Waals surface area contributed by atoms with E-state index >= 15 is 0 Å². The average molecular weight is 321 g/mol. The van der Waals surface area contributed by atoms with Crippen LogP contribution >= 0.6 is 11.6 Å². The monoisotopic (exact) mass is 320 g/mol. The van der Waals surface area contributed by atoms with E-state index in [1.54, 1.807) is 6.33 Å². The molecule has 0 saturated heterocycles. The van der Waals surface area contributed by atoms with Crippen molar-refractivity contribution in [3.05, 3.63) is 40.7 Å². The lowest BCUT2D eigenvalue weighted by molar-refractivity contribution is 0.355. The molecule has 4 nitrogen and oxygen atoms in total. The van der Waals surface area contributed by atoms with E-state index in [0.29, 0.717) is 0 Å². The largest absolute Gasteiger partial charge is 0.267 e. The Morgan fingerprint density at radius 1 is 1.09 bits per heavy atom. The van der Waals surface area contributed by atoms with E-state index in [-0.39, 0.29) is 5.54 Å². The van der Waals surface area contributed by atoms with Gasteiger partial charge in [-0.1, -0.05) is 18.5 Å². The van der Waals surface area contributed by atoms with Gasteiger partial charge in [0.2, 0.25) is 0 Å². The summed E-state index contributed by atoms with van der Waals surface area (Å²) in [5.74, 6) is 0. The van der Waals surface area contributed by atoms with E-state index in [1.807, 2.05) is 10.9 Å². The predicted octanol–water partition coefficient (Wildman–Crippen LogP) is 4.21. The summed E-state index contributed by atoms with van der Waals surface area (Å²) in [6.45, 7) is 8.54. The van der Waals surface area contributed by atoms with Gasteiger partial charge in [-0.05, 0) is 58.4 Å². The van der Waals surface area contributed by atoms with E-state index in [2.05, 4.69) is 49.0 Å². The fourth-order valence-corrected chi connectivity index (χ4v) is 2.67. The summed E-state index contributed by atoms with van der Waals surface area (Å²) in [6.07, 6.45) is 10.7. The van der Waals surface area contributed by atoms with E-state index in [9.17, 15) is 0 Å². The maximum Gasteiger partial charge on any atom is 0.116 e. The molecule has 0 atom stereocenters.